The van der Waals surface area contributed by atoms with Gasteiger partial charge < -0.3 is 10.6 Å². The van der Waals surface area contributed by atoms with Gasteiger partial charge in [0.25, 0.3) is 0 Å². The third-order valence-corrected chi connectivity index (χ3v) is 4.55. The summed E-state index contributed by atoms with van der Waals surface area (Å²) in [5.41, 5.74) is 6.76. The van der Waals surface area contributed by atoms with E-state index in [2.05, 4.69) is 42.8 Å². The molecule has 0 radical (unpaired) electrons. The quantitative estimate of drug-likeness (QED) is 0.914. The second kappa shape index (κ2) is 7.53. The Balaban J connectivity index is 1.60. The largest absolute Gasteiger partial charge is 0.384 e. The molecule has 3 heterocycles. The van der Waals surface area contributed by atoms with Gasteiger partial charge in [0.15, 0.2) is 0 Å². The summed E-state index contributed by atoms with van der Waals surface area (Å²) in [6.45, 7) is 4.77. The zero-order valence-corrected chi connectivity index (χ0v) is 14.4. The highest BCUT2D eigenvalue weighted by Crippen LogP contribution is 2.21. The number of hydrogen-bond acceptors (Lipinski definition) is 7. The molecule has 1 fully saturated rings. The average Bonchev–Trinajstić information content (AvgIpc) is 2.81. The topological polar surface area (TPSA) is 84.1 Å². The first-order chi connectivity index (χ1) is 11.6. The van der Waals surface area contributed by atoms with Crippen LogP contribution in [-0.2, 0) is 6.54 Å². The minimum Gasteiger partial charge on any atom is -0.384 e. The summed E-state index contributed by atoms with van der Waals surface area (Å²) in [6, 6.07) is 4.30. The Morgan fingerprint density at radius 1 is 1.25 bits per heavy atom. The van der Waals surface area contributed by atoms with Crippen LogP contribution in [0.1, 0.15) is 30.8 Å². The van der Waals surface area contributed by atoms with Gasteiger partial charge in [-0.3, -0.25) is 4.90 Å². The van der Waals surface area contributed by atoms with Gasteiger partial charge in [-0.15, -0.1) is 0 Å². The predicted octanol–water partition coefficient (Wildman–Crippen LogP) is 1.65. The van der Waals surface area contributed by atoms with Crippen LogP contribution in [0.3, 0.4) is 0 Å². The first kappa shape index (κ1) is 16.6. The molecule has 0 spiro atoms. The number of hydrogen-bond donors (Lipinski definition) is 1. The molecule has 2 aromatic rings. The Bertz CT molecular complexity index is 675. The van der Waals surface area contributed by atoms with Gasteiger partial charge in [-0.2, -0.15) is 0 Å². The van der Waals surface area contributed by atoms with Gasteiger partial charge in [0.1, 0.15) is 23.8 Å². The lowest BCUT2D eigenvalue weighted by molar-refractivity contribution is 0.212. The van der Waals surface area contributed by atoms with Crippen molar-refractivity contribution in [3.8, 4) is 0 Å². The fraction of sp³-hybridized carbons (Fsp3) is 0.529. The van der Waals surface area contributed by atoms with Crippen LogP contribution < -0.4 is 10.6 Å². The molecule has 1 saturated heterocycles. The van der Waals surface area contributed by atoms with Crippen molar-refractivity contribution in [3.63, 3.8) is 0 Å². The van der Waals surface area contributed by atoms with E-state index < -0.39 is 0 Å². The maximum absolute atomic E-state index is 5.74. The Morgan fingerprint density at radius 2 is 2.12 bits per heavy atom. The van der Waals surface area contributed by atoms with Crippen molar-refractivity contribution in [1.29, 1.82) is 0 Å². The summed E-state index contributed by atoms with van der Waals surface area (Å²) >= 11 is 0. The molecule has 128 valence electrons. The van der Waals surface area contributed by atoms with Crippen molar-refractivity contribution in [1.82, 2.24) is 24.8 Å². The maximum Gasteiger partial charge on any atom is 0.144 e. The second-order valence-electron chi connectivity index (χ2n) is 6.40. The van der Waals surface area contributed by atoms with Crippen LogP contribution >= 0.6 is 0 Å². The SMILES string of the molecule is Cc1cc(N2CCC[C@@H](N(C)Cc3nccc(N)n3)CC2)ncn1. The zero-order chi connectivity index (χ0) is 16.9. The van der Waals surface area contributed by atoms with E-state index in [4.69, 9.17) is 5.73 Å². The summed E-state index contributed by atoms with van der Waals surface area (Å²) < 4.78 is 0. The second-order valence-corrected chi connectivity index (χ2v) is 6.40. The summed E-state index contributed by atoms with van der Waals surface area (Å²) in [5.74, 6) is 2.34. The monoisotopic (exact) mass is 327 g/mol. The smallest absolute Gasteiger partial charge is 0.144 e. The molecule has 0 bridgehead atoms. The lowest BCUT2D eigenvalue weighted by Gasteiger charge is -2.26. The van der Waals surface area contributed by atoms with Crippen molar-refractivity contribution in [3.05, 3.63) is 36.2 Å². The van der Waals surface area contributed by atoms with Gasteiger partial charge in [0.05, 0.1) is 6.54 Å². The van der Waals surface area contributed by atoms with Crippen LogP contribution in [0.15, 0.2) is 24.7 Å². The molecule has 24 heavy (non-hydrogen) atoms. The molecule has 2 aromatic heterocycles. The molecule has 1 atom stereocenters. The normalized spacial score (nSPS) is 18.6. The molecule has 0 amide bonds. The molecule has 7 nitrogen and oxygen atoms in total. The van der Waals surface area contributed by atoms with Gasteiger partial charge in [-0.1, -0.05) is 0 Å². The van der Waals surface area contributed by atoms with Gasteiger partial charge >= 0.3 is 0 Å². The lowest BCUT2D eigenvalue weighted by Crippen LogP contribution is -2.33. The summed E-state index contributed by atoms with van der Waals surface area (Å²) in [6.07, 6.45) is 6.78. The zero-order valence-electron chi connectivity index (χ0n) is 14.4. The van der Waals surface area contributed by atoms with Crippen molar-refractivity contribution in [2.24, 2.45) is 0 Å². The third kappa shape index (κ3) is 4.17. The lowest BCUT2D eigenvalue weighted by atomic mass is 10.1. The highest BCUT2D eigenvalue weighted by molar-refractivity contribution is 5.38. The summed E-state index contributed by atoms with van der Waals surface area (Å²) in [7, 11) is 2.14. The Morgan fingerprint density at radius 3 is 2.92 bits per heavy atom. The number of aryl methyl sites for hydroxylation is 1. The first-order valence-electron chi connectivity index (χ1n) is 8.43. The number of nitrogens with zero attached hydrogens (tertiary/aromatic N) is 6. The van der Waals surface area contributed by atoms with Crippen molar-refractivity contribution < 1.29 is 0 Å². The maximum atomic E-state index is 5.74. The van der Waals surface area contributed by atoms with Crippen LogP contribution in [0.25, 0.3) is 0 Å². The summed E-state index contributed by atoms with van der Waals surface area (Å²) in [4.78, 5) is 21.9. The molecule has 0 aromatic carbocycles. The van der Waals surface area contributed by atoms with Crippen LogP contribution in [0.2, 0.25) is 0 Å². The number of aromatic nitrogens is 4. The number of rotatable bonds is 4. The van der Waals surface area contributed by atoms with Crippen molar-refractivity contribution >= 4 is 11.6 Å². The Kier molecular flexibility index (Phi) is 5.20. The van der Waals surface area contributed by atoms with E-state index in [1.807, 2.05) is 6.92 Å². The van der Waals surface area contributed by atoms with E-state index in [-0.39, 0.29) is 0 Å². The van der Waals surface area contributed by atoms with Crippen LogP contribution in [0.4, 0.5) is 11.6 Å². The number of nitrogens with two attached hydrogens (primary N) is 1. The molecule has 0 aliphatic carbocycles. The molecule has 3 rings (SSSR count). The van der Waals surface area contributed by atoms with E-state index >= 15 is 0 Å². The van der Waals surface area contributed by atoms with E-state index in [0.717, 1.165) is 49.8 Å². The molecule has 1 aliphatic rings. The van der Waals surface area contributed by atoms with Gasteiger partial charge in [0, 0.05) is 37.1 Å². The minimum atomic E-state index is 0.517. The highest BCUT2D eigenvalue weighted by atomic mass is 15.2. The molecular weight excluding hydrogens is 302 g/mol. The van der Waals surface area contributed by atoms with Gasteiger partial charge in [0.2, 0.25) is 0 Å². The van der Waals surface area contributed by atoms with E-state index in [1.165, 1.54) is 6.42 Å². The van der Waals surface area contributed by atoms with Gasteiger partial charge in [-0.25, -0.2) is 19.9 Å². The number of anilines is 2. The molecular formula is C17H25N7. The third-order valence-electron chi connectivity index (χ3n) is 4.55. The van der Waals surface area contributed by atoms with Crippen LogP contribution in [-0.4, -0.2) is 51.0 Å². The van der Waals surface area contributed by atoms with E-state index in [9.17, 15) is 0 Å². The predicted molar refractivity (Wildman–Crippen MR) is 94.5 cm³/mol. The average molecular weight is 327 g/mol. The van der Waals surface area contributed by atoms with Crippen molar-refractivity contribution in [2.45, 2.75) is 38.8 Å². The number of nitrogen functional groups attached to an aromatic ring is 1. The fourth-order valence-corrected chi connectivity index (χ4v) is 3.21. The molecule has 1 aliphatic heterocycles. The Hall–Kier alpha value is -2.28. The Labute approximate surface area is 143 Å². The van der Waals surface area contributed by atoms with E-state index in [0.29, 0.717) is 11.9 Å². The van der Waals surface area contributed by atoms with Crippen LogP contribution in [0, 0.1) is 6.92 Å². The molecule has 0 saturated carbocycles. The first-order valence-corrected chi connectivity index (χ1v) is 8.43. The highest BCUT2D eigenvalue weighted by Gasteiger charge is 2.21. The molecule has 7 heteroatoms. The fourth-order valence-electron chi connectivity index (χ4n) is 3.21. The molecule has 0 unspecified atom stereocenters. The molecule has 2 N–H and O–H groups in total. The summed E-state index contributed by atoms with van der Waals surface area (Å²) in [5, 5.41) is 0. The van der Waals surface area contributed by atoms with Gasteiger partial charge in [-0.05, 0) is 39.3 Å². The van der Waals surface area contributed by atoms with Crippen molar-refractivity contribution in [2.75, 3.05) is 30.8 Å². The standard InChI is InChI=1S/C17H25N7/c1-13-10-17(21-12-20-13)24-8-3-4-14(6-9-24)23(2)11-16-19-7-5-15(18)22-16/h5,7,10,12,14H,3-4,6,8-9,11H2,1-2H3,(H2,18,19,22)/t14-/m1/s1. The van der Waals surface area contributed by atoms with Crippen LogP contribution in [0.5, 0.6) is 0 Å². The van der Waals surface area contributed by atoms with E-state index in [1.54, 1.807) is 18.6 Å². The minimum absolute atomic E-state index is 0.517.